The number of nitrogens with zero attached hydrogens (tertiary/aromatic N) is 2. The van der Waals surface area contributed by atoms with Crippen LogP contribution in [0.25, 0.3) is 11.3 Å². The molecule has 5 heteroatoms. The molecule has 2 atom stereocenters. The van der Waals surface area contributed by atoms with E-state index in [0.717, 1.165) is 31.4 Å². The third-order valence-electron chi connectivity index (χ3n) is 7.35. The number of rotatable bonds is 5. The predicted octanol–water partition coefficient (Wildman–Crippen LogP) is 4.58. The molecule has 160 valence electrons. The lowest BCUT2D eigenvalue weighted by molar-refractivity contribution is -0.00682. The average Bonchev–Trinajstić information content (AvgIpc) is 3.39. The van der Waals surface area contributed by atoms with Crippen LogP contribution in [0.15, 0.2) is 67.1 Å². The lowest BCUT2D eigenvalue weighted by atomic mass is 9.68. The first-order valence-corrected chi connectivity index (χ1v) is 11.2. The van der Waals surface area contributed by atoms with E-state index in [-0.39, 0.29) is 23.4 Å². The number of aliphatic hydroxyl groups is 1. The second-order valence-corrected chi connectivity index (χ2v) is 9.31. The van der Waals surface area contributed by atoms with Crippen LogP contribution in [-0.2, 0) is 0 Å². The molecule has 2 N–H and O–H groups in total. The Labute approximate surface area is 183 Å². The van der Waals surface area contributed by atoms with Gasteiger partial charge in [0.15, 0.2) is 0 Å². The number of carbonyl (C=O) groups excluding carboxylic acids is 1. The van der Waals surface area contributed by atoms with Gasteiger partial charge >= 0.3 is 0 Å². The first-order valence-electron chi connectivity index (χ1n) is 11.2. The van der Waals surface area contributed by atoms with Crippen LogP contribution in [0.2, 0.25) is 0 Å². The molecule has 1 aliphatic carbocycles. The molecule has 0 bridgehead atoms. The summed E-state index contributed by atoms with van der Waals surface area (Å²) in [4.78, 5) is 16.8. The van der Waals surface area contributed by atoms with Crippen LogP contribution in [-0.4, -0.2) is 32.7 Å². The summed E-state index contributed by atoms with van der Waals surface area (Å²) in [6, 6.07) is 18.1. The van der Waals surface area contributed by atoms with Gasteiger partial charge in [-0.2, -0.15) is 0 Å². The maximum Gasteiger partial charge on any atom is 0.251 e. The molecule has 31 heavy (non-hydrogen) atoms. The number of carbonyl (C=O) groups is 1. The summed E-state index contributed by atoms with van der Waals surface area (Å²) in [6.45, 7) is 2.20. The quantitative estimate of drug-likeness (QED) is 0.641. The van der Waals surface area contributed by atoms with E-state index < -0.39 is 6.10 Å². The molecule has 3 aromatic rings. The van der Waals surface area contributed by atoms with Gasteiger partial charge in [-0.3, -0.25) is 4.79 Å². The Balaban J connectivity index is 1.23. The van der Waals surface area contributed by atoms with Gasteiger partial charge in [0.2, 0.25) is 0 Å². The SMILES string of the molecule is CC1(C(O)CC2c3ccccc3-c3cncn32)CCC(NC(=O)c2ccccc2)CC1. The molecule has 2 aliphatic rings. The van der Waals surface area contributed by atoms with E-state index in [1.54, 1.807) is 0 Å². The lowest BCUT2D eigenvalue weighted by Gasteiger charge is -2.42. The lowest BCUT2D eigenvalue weighted by Crippen LogP contribution is -2.44. The minimum absolute atomic E-state index is 0.00930. The predicted molar refractivity (Wildman–Crippen MR) is 121 cm³/mol. The number of imidazole rings is 1. The molecule has 1 fully saturated rings. The van der Waals surface area contributed by atoms with Crippen molar-refractivity contribution in [1.29, 1.82) is 0 Å². The molecule has 2 aromatic carbocycles. The highest BCUT2D eigenvalue weighted by atomic mass is 16.3. The highest BCUT2D eigenvalue weighted by Gasteiger charge is 2.40. The largest absolute Gasteiger partial charge is 0.392 e. The van der Waals surface area contributed by atoms with E-state index in [2.05, 4.69) is 46.1 Å². The van der Waals surface area contributed by atoms with Gasteiger partial charge in [0.25, 0.3) is 5.91 Å². The molecule has 2 unspecified atom stereocenters. The van der Waals surface area contributed by atoms with Gasteiger partial charge < -0.3 is 15.0 Å². The van der Waals surface area contributed by atoms with Gasteiger partial charge in [0.1, 0.15) is 0 Å². The van der Waals surface area contributed by atoms with E-state index in [9.17, 15) is 9.90 Å². The van der Waals surface area contributed by atoms with E-state index in [0.29, 0.717) is 12.0 Å². The molecule has 2 heterocycles. The Morgan fingerprint density at radius 1 is 1.16 bits per heavy atom. The van der Waals surface area contributed by atoms with Gasteiger partial charge in [0.05, 0.1) is 30.4 Å². The van der Waals surface area contributed by atoms with Crippen molar-refractivity contribution in [3.05, 3.63) is 78.2 Å². The standard InChI is InChI=1S/C26H29N3O2/c1-26(13-11-19(12-14-26)28-25(31)18-7-3-2-4-8-18)24(30)15-22-20-9-5-6-10-21(20)23-16-27-17-29(22)23/h2-10,16-17,19,22,24,30H,11-15H2,1H3,(H,28,31). The first-order chi connectivity index (χ1) is 15.0. The van der Waals surface area contributed by atoms with Crippen molar-refractivity contribution >= 4 is 5.91 Å². The monoisotopic (exact) mass is 415 g/mol. The molecule has 1 amide bonds. The number of fused-ring (bicyclic) bond motifs is 3. The van der Waals surface area contributed by atoms with Crippen LogP contribution in [0, 0.1) is 5.41 Å². The summed E-state index contributed by atoms with van der Waals surface area (Å²) >= 11 is 0. The van der Waals surface area contributed by atoms with Gasteiger partial charge in [0, 0.05) is 17.2 Å². The second-order valence-electron chi connectivity index (χ2n) is 9.31. The Bertz CT molecular complexity index is 1070. The Kier molecular flexibility index (Phi) is 5.14. The van der Waals surface area contributed by atoms with Crippen LogP contribution in [0.3, 0.4) is 0 Å². The van der Waals surface area contributed by atoms with Crippen molar-refractivity contribution in [3.63, 3.8) is 0 Å². The average molecular weight is 416 g/mol. The summed E-state index contributed by atoms with van der Waals surface area (Å²) < 4.78 is 2.20. The van der Waals surface area contributed by atoms with Gasteiger partial charge in [-0.1, -0.05) is 49.4 Å². The zero-order valence-electron chi connectivity index (χ0n) is 17.9. The van der Waals surface area contributed by atoms with E-state index in [4.69, 9.17) is 0 Å². The summed E-state index contributed by atoms with van der Waals surface area (Å²) in [5.41, 5.74) is 4.17. The van der Waals surface area contributed by atoms with Gasteiger partial charge in [-0.05, 0) is 55.2 Å². The summed E-state index contributed by atoms with van der Waals surface area (Å²) in [5.74, 6) is -0.00930. The topological polar surface area (TPSA) is 67.2 Å². The number of amides is 1. The van der Waals surface area contributed by atoms with Crippen LogP contribution in [0.4, 0.5) is 0 Å². The van der Waals surface area contributed by atoms with Crippen LogP contribution in [0.5, 0.6) is 0 Å². The number of aliphatic hydroxyl groups excluding tert-OH is 1. The Morgan fingerprint density at radius 2 is 1.87 bits per heavy atom. The highest BCUT2D eigenvalue weighted by molar-refractivity contribution is 5.94. The molecular formula is C26H29N3O2. The fourth-order valence-electron chi connectivity index (χ4n) is 5.28. The first kappa shape index (κ1) is 20.0. The molecule has 1 aromatic heterocycles. The molecule has 0 saturated heterocycles. The maximum absolute atomic E-state index is 12.5. The number of benzene rings is 2. The normalized spacial score (nSPS) is 25.5. The van der Waals surface area contributed by atoms with Crippen molar-refractivity contribution in [1.82, 2.24) is 14.9 Å². The summed E-state index contributed by atoms with van der Waals surface area (Å²) in [5, 5.41) is 14.5. The molecule has 0 spiro atoms. The van der Waals surface area contributed by atoms with Crippen LogP contribution in [0.1, 0.15) is 61.0 Å². The number of hydrogen-bond acceptors (Lipinski definition) is 3. The minimum Gasteiger partial charge on any atom is -0.392 e. The number of aromatic nitrogens is 2. The molecule has 5 nitrogen and oxygen atoms in total. The summed E-state index contributed by atoms with van der Waals surface area (Å²) in [7, 11) is 0. The zero-order chi connectivity index (χ0) is 21.4. The van der Waals surface area contributed by atoms with E-state index in [1.807, 2.05) is 42.9 Å². The van der Waals surface area contributed by atoms with Gasteiger partial charge in [-0.25, -0.2) is 4.98 Å². The maximum atomic E-state index is 12.5. The Morgan fingerprint density at radius 3 is 2.65 bits per heavy atom. The third-order valence-corrected chi connectivity index (χ3v) is 7.35. The number of hydrogen-bond donors (Lipinski definition) is 2. The van der Waals surface area contributed by atoms with Crippen molar-refractivity contribution < 1.29 is 9.90 Å². The number of nitrogens with one attached hydrogen (secondary N) is 1. The molecule has 0 radical (unpaired) electrons. The third kappa shape index (κ3) is 3.68. The smallest absolute Gasteiger partial charge is 0.251 e. The fraction of sp³-hybridized carbons (Fsp3) is 0.385. The molecule has 5 rings (SSSR count). The Hall–Kier alpha value is -2.92. The van der Waals surface area contributed by atoms with Crippen LogP contribution < -0.4 is 5.32 Å². The van der Waals surface area contributed by atoms with E-state index >= 15 is 0 Å². The van der Waals surface area contributed by atoms with Crippen molar-refractivity contribution in [2.45, 2.75) is 57.2 Å². The minimum atomic E-state index is -0.412. The van der Waals surface area contributed by atoms with Gasteiger partial charge in [-0.15, -0.1) is 0 Å². The van der Waals surface area contributed by atoms with E-state index in [1.165, 1.54) is 11.1 Å². The fourth-order valence-corrected chi connectivity index (χ4v) is 5.28. The van der Waals surface area contributed by atoms with Crippen molar-refractivity contribution in [2.24, 2.45) is 5.41 Å². The van der Waals surface area contributed by atoms with Crippen molar-refractivity contribution in [3.8, 4) is 11.3 Å². The molecule has 1 aliphatic heterocycles. The summed E-state index contributed by atoms with van der Waals surface area (Å²) in [6.07, 6.45) is 7.65. The molecule has 1 saturated carbocycles. The van der Waals surface area contributed by atoms with Crippen LogP contribution >= 0.6 is 0 Å². The second kappa shape index (κ2) is 7.97. The zero-order valence-corrected chi connectivity index (χ0v) is 17.9. The van der Waals surface area contributed by atoms with Crippen molar-refractivity contribution in [2.75, 3.05) is 0 Å². The highest BCUT2D eigenvalue weighted by Crippen LogP contribution is 2.46. The molecular weight excluding hydrogens is 386 g/mol.